The van der Waals surface area contributed by atoms with Crippen LogP contribution in [-0.2, 0) is 6.42 Å². The summed E-state index contributed by atoms with van der Waals surface area (Å²) >= 11 is 0. The summed E-state index contributed by atoms with van der Waals surface area (Å²) in [6.45, 7) is 6.77. The fourth-order valence-electron chi connectivity index (χ4n) is 3.11. The highest BCUT2D eigenvalue weighted by Crippen LogP contribution is 2.37. The van der Waals surface area contributed by atoms with Crippen molar-refractivity contribution < 1.29 is 0 Å². The van der Waals surface area contributed by atoms with Gasteiger partial charge in [0.1, 0.15) is 0 Å². The first kappa shape index (κ1) is 12.3. The average Bonchev–Trinajstić information content (AvgIpc) is 2.41. The molecule has 2 aromatic carbocycles. The van der Waals surface area contributed by atoms with Crippen molar-refractivity contribution in [3.05, 3.63) is 64.7 Å². The first-order valence-corrected chi connectivity index (χ1v) is 7.07. The van der Waals surface area contributed by atoms with Crippen molar-refractivity contribution >= 4 is 5.69 Å². The molecule has 2 aromatic rings. The van der Waals surface area contributed by atoms with E-state index < -0.39 is 0 Å². The predicted molar refractivity (Wildman–Crippen MR) is 81.6 cm³/mol. The summed E-state index contributed by atoms with van der Waals surface area (Å²) in [6, 6.07) is 15.7. The van der Waals surface area contributed by atoms with Gasteiger partial charge in [-0.05, 0) is 54.5 Å². The normalized spacial score (nSPS) is 21.6. The van der Waals surface area contributed by atoms with Gasteiger partial charge in [0.25, 0.3) is 0 Å². The maximum Gasteiger partial charge on any atom is 0.0545 e. The number of fused-ring (bicyclic) bond motifs is 1. The van der Waals surface area contributed by atoms with E-state index in [0.717, 1.165) is 6.42 Å². The fourth-order valence-corrected chi connectivity index (χ4v) is 3.11. The second-order valence-electron chi connectivity index (χ2n) is 5.75. The third-order valence-corrected chi connectivity index (χ3v) is 4.42. The maximum atomic E-state index is 3.73. The number of anilines is 1. The molecule has 2 unspecified atom stereocenters. The van der Waals surface area contributed by atoms with Crippen LogP contribution in [0.5, 0.6) is 0 Å². The molecule has 0 bridgehead atoms. The quantitative estimate of drug-likeness (QED) is 0.778. The number of para-hydroxylation sites is 1. The van der Waals surface area contributed by atoms with Gasteiger partial charge in [0, 0.05) is 5.69 Å². The summed E-state index contributed by atoms with van der Waals surface area (Å²) in [4.78, 5) is 0. The molecule has 0 fully saturated rings. The van der Waals surface area contributed by atoms with Crippen LogP contribution in [0.3, 0.4) is 0 Å². The lowest BCUT2D eigenvalue weighted by Crippen LogP contribution is -2.26. The smallest absolute Gasteiger partial charge is 0.0545 e. The molecule has 1 heteroatoms. The van der Waals surface area contributed by atoms with Crippen LogP contribution in [0.1, 0.15) is 35.2 Å². The third-order valence-electron chi connectivity index (χ3n) is 4.42. The van der Waals surface area contributed by atoms with E-state index in [1.165, 1.54) is 27.9 Å². The second-order valence-corrected chi connectivity index (χ2v) is 5.75. The van der Waals surface area contributed by atoms with Crippen molar-refractivity contribution in [2.24, 2.45) is 5.92 Å². The monoisotopic (exact) mass is 251 g/mol. The average molecular weight is 251 g/mol. The highest BCUT2D eigenvalue weighted by Gasteiger charge is 2.26. The molecule has 0 aromatic heterocycles. The van der Waals surface area contributed by atoms with Gasteiger partial charge in [-0.1, -0.05) is 43.3 Å². The largest absolute Gasteiger partial charge is 0.378 e. The van der Waals surface area contributed by atoms with E-state index in [-0.39, 0.29) is 0 Å². The Morgan fingerprint density at radius 2 is 1.79 bits per heavy atom. The molecule has 2 atom stereocenters. The molecule has 1 aliphatic heterocycles. The molecule has 0 radical (unpaired) electrons. The van der Waals surface area contributed by atoms with E-state index >= 15 is 0 Å². The Bertz CT molecular complexity index is 600. The first-order chi connectivity index (χ1) is 9.16. The van der Waals surface area contributed by atoms with E-state index in [2.05, 4.69) is 68.6 Å². The van der Waals surface area contributed by atoms with E-state index in [4.69, 9.17) is 0 Å². The van der Waals surface area contributed by atoms with Crippen molar-refractivity contribution in [3.63, 3.8) is 0 Å². The lowest BCUT2D eigenvalue weighted by atomic mass is 9.83. The Kier molecular flexibility index (Phi) is 3.06. The van der Waals surface area contributed by atoms with Crippen molar-refractivity contribution in [2.45, 2.75) is 33.2 Å². The Morgan fingerprint density at radius 3 is 2.63 bits per heavy atom. The number of nitrogens with one attached hydrogen (secondary N) is 1. The minimum Gasteiger partial charge on any atom is -0.378 e. The molecule has 19 heavy (non-hydrogen) atoms. The van der Waals surface area contributed by atoms with Gasteiger partial charge in [-0.25, -0.2) is 0 Å². The highest BCUT2D eigenvalue weighted by atomic mass is 14.9. The van der Waals surface area contributed by atoms with Crippen LogP contribution in [0.4, 0.5) is 5.69 Å². The van der Waals surface area contributed by atoms with Gasteiger partial charge in [0.2, 0.25) is 0 Å². The number of rotatable bonds is 1. The standard InChI is InChI=1S/C18H21N/c1-12-7-6-9-16(14(12)3)18-13(2)11-15-8-4-5-10-17(15)19-18/h4-10,13,18-19H,11H2,1-3H3. The molecular weight excluding hydrogens is 230 g/mol. The van der Waals surface area contributed by atoms with Gasteiger partial charge in [-0.3, -0.25) is 0 Å². The summed E-state index contributed by atoms with van der Waals surface area (Å²) in [7, 11) is 0. The van der Waals surface area contributed by atoms with Crippen LogP contribution in [0.25, 0.3) is 0 Å². The molecule has 1 aliphatic rings. The van der Waals surface area contributed by atoms with Crippen LogP contribution in [0.15, 0.2) is 42.5 Å². The van der Waals surface area contributed by atoms with Crippen molar-refractivity contribution in [1.29, 1.82) is 0 Å². The van der Waals surface area contributed by atoms with Crippen LogP contribution >= 0.6 is 0 Å². The van der Waals surface area contributed by atoms with Gasteiger partial charge < -0.3 is 5.32 Å². The number of benzene rings is 2. The van der Waals surface area contributed by atoms with Crippen molar-refractivity contribution in [2.75, 3.05) is 5.32 Å². The SMILES string of the molecule is Cc1cccc(C2Nc3ccccc3CC2C)c1C. The summed E-state index contributed by atoms with van der Waals surface area (Å²) < 4.78 is 0. The Hall–Kier alpha value is -1.76. The number of aryl methyl sites for hydroxylation is 1. The van der Waals surface area contributed by atoms with Gasteiger partial charge in [0.05, 0.1) is 6.04 Å². The van der Waals surface area contributed by atoms with Gasteiger partial charge in [-0.2, -0.15) is 0 Å². The van der Waals surface area contributed by atoms with E-state index in [9.17, 15) is 0 Å². The lowest BCUT2D eigenvalue weighted by molar-refractivity contribution is 0.477. The summed E-state index contributed by atoms with van der Waals surface area (Å²) in [5.41, 5.74) is 6.99. The molecule has 3 rings (SSSR count). The van der Waals surface area contributed by atoms with Gasteiger partial charge in [0.15, 0.2) is 0 Å². The molecule has 1 N–H and O–H groups in total. The second kappa shape index (κ2) is 4.73. The van der Waals surface area contributed by atoms with Gasteiger partial charge >= 0.3 is 0 Å². The fraction of sp³-hybridized carbons (Fsp3) is 0.333. The molecule has 0 saturated carbocycles. The molecule has 1 heterocycles. The molecule has 0 saturated heterocycles. The third kappa shape index (κ3) is 2.14. The van der Waals surface area contributed by atoms with E-state index in [0.29, 0.717) is 12.0 Å². The molecular formula is C18H21N. The minimum atomic E-state index is 0.426. The zero-order valence-electron chi connectivity index (χ0n) is 11.9. The number of hydrogen-bond acceptors (Lipinski definition) is 1. The van der Waals surface area contributed by atoms with E-state index in [1.54, 1.807) is 0 Å². The molecule has 0 aliphatic carbocycles. The summed E-state index contributed by atoms with van der Waals surface area (Å²) in [5, 5.41) is 3.73. The molecule has 98 valence electrons. The predicted octanol–water partition coefficient (Wildman–Crippen LogP) is 4.65. The topological polar surface area (TPSA) is 12.0 Å². The van der Waals surface area contributed by atoms with Crippen LogP contribution in [0.2, 0.25) is 0 Å². The highest BCUT2D eigenvalue weighted by molar-refractivity contribution is 5.56. The van der Waals surface area contributed by atoms with Gasteiger partial charge in [-0.15, -0.1) is 0 Å². The van der Waals surface area contributed by atoms with Crippen LogP contribution in [-0.4, -0.2) is 0 Å². The zero-order valence-corrected chi connectivity index (χ0v) is 11.9. The molecule has 1 nitrogen and oxygen atoms in total. The Balaban J connectivity index is 2.01. The Morgan fingerprint density at radius 1 is 1.00 bits per heavy atom. The number of hydrogen-bond donors (Lipinski definition) is 1. The minimum absolute atomic E-state index is 0.426. The Labute approximate surface area is 115 Å². The lowest BCUT2D eigenvalue weighted by Gasteiger charge is -2.34. The first-order valence-electron chi connectivity index (χ1n) is 7.07. The van der Waals surface area contributed by atoms with E-state index in [1.807, 2.05) is 0 Å². The van der Waals surface area contributed by atoms with Crippen molar-refractivity contribution in [1.82, 2.24) is 0 Å². The summed E-state index contributed by atoms with van der Waals surface area (Å²) in [5.74, 6) is 0.621. The molecule has 0 amide bonds. The zero-order chi connectivity index (χ0) is 13.4. The van der Waals surface area contributed by atoms with Crippen LogP contribution < -0.4 is 5.32 Å². The van der Waals surface area contributed by atoms with Crippen LogP contribution in [0, 0.1) is 19.8 Å². The summed E-state index contributed by atoms with van der Waals surface area (Å²) in [6.07, 6.45) is 1.15. The molecule has 0 spiro atoms. The maximum absolute atomic E-state index is 3.73. The van der Waals surface area contributed by atoms with Crippen molar-refractivity contribution in [3.8, 4) is 0 Å².